The Kier molecular flexibility index (Phi) is 9.17. The van der Waals surface area contributed by atoms with Crippen LogP contribution in [0.25, 0.3) is 0 Å². The molecular formula is C20H30N4O4S. The predicted octanol–water partition coefficient (Wildman–Crippen LogP) is 2.19. The molecule has 0 atom stereocenters. The Balaban J connectivity index is 1.89. The van der Waals surface area contributed by atoms with Gasteiger partial charge < -0.3 is 19.8 Å². The number of ether oxygens (including phenoxy) is 1. The fraction of sp³-hybridized carbons (Fsp3) is 0.450. The zero-order valence-corrected chi connectivity index (χ0v) is 18.0. The van der Waals surface area contributed by atoms with Crippen LogP contribution in [0.4, 0.5) is 0 Å². The average Bonchev–Trinajstić information content (AvgIpc) is 3.22. The molecule has 0 saturated heterocycles. The molecule has 0 saturated carbocycles. The van der Waals surface area contributed by atoms with Gasteiger partial charge in [-0.25, -0.2) is 17.7 Å². The minimum absolute atomic E-state index is 0.258. The molecule has 8 nitrogen and oxygen atoms in total. The third-order valence-electron chi connectivity index (χ3n) is 4.07. The van der Waals surface area contributed by atoms with E-state index in [9.17, 15) is 8.42 Å². The lowest BCUT2D eigenvalue weighted by molar-refractivity contribution is 0.105. The zero-order chi connectivity index (χ0) is 21.1. The summed E-state index contributed by atoms with van der Waals surface area (Å²) in [6.07, 6.45) is 2.43. The quantitative estimate of drug-likeness (QED) is 0.327. The largest absolute Gasteiger partial charge is 0.467 e. The standard InChI is InChI=1S/C20H30N4O4S/c1-4-21-20(22-12-8-13-27-16-18-10-7-14-28-18)23-15-17-9-5-6-11-19(17)29(25,26)24(2)3/h5-7,9-11,14H,4,8,12-13,15-16H2,1-3H3,(H2,21,22,23). The maximum Gasteiger partial charge on any atom is 0.242 e. The molecule has 0 spiro atoms. The van der Waals surface area contributed by atoms with Gasteiger partial charge in [-0.15, -0.1) is 0 Å². The van der Waals surface area contributed by atoms with Crippen molar-refractivity contribution in [2.24, 2.45) is 4.99 Å². The van der Waals surface area contributed by atoms with Gasteiger partial charge in [0.15, 0.2) is 5.96 Å². The number of hydrogen-bond acceptors (Lipinski definition) is 5. The van der Waals surface area contributed by atoms with Crippen LogP contribution in [-0.2, 0) is 27.9 Å². The Labute approximate surface area is 173 Å². The monoisotopic (exact) mass is 422 g/mol. The number of sulfonamides is 1. The van der Waals surface area contributed by atoms with Crippen LogP contribution in [0.2, 0.25) is 0 Å². The van der Waals surface area contributed by atoms with E-state index in [2.05, 4.69) is 15.6 Å². The second kappa shape index (κ2) is 11.6. The van der Waals surface area contributed by atoms with Crippen LogP contribution in [0.5, 0.6) is 0 Å². The highest BCUT2D eigenvalue weighted by molar-refractivity contribution is 7.89. The molecular weight excluding hydrogens is 392 g/mol. The van der Waals surface area contributed by atoms with E-state index in [0.29, 0.717) is 37.8 Å². The van der Waals surface area contributed by atoms with E-state index in [0.717, 1.165) is 12.2 Å². The van der Waals surface area contributed by atoms with Crippen molar-refractivity contribution in [3.63, 3.8) is 0 Å². The highest BCUT2D eigenvalue weighted by Crippen LogP contribution is 2.19. The minimum Gasteiger partial charge on any atom is -0.467 e. The number of hydrogen-bond donors (Lipinski definition) is 2. The van der Waals surface area contributed by atoms with Crippen LogP contribution in [0.1, 0.15) is 24.7 Å². The summed E-state index contributed by atoms with van der Waals surface area (Å²) in [4.78, 5) is 4.81. The molecule has 9 heteroatoms. The molecule has 1 heterocycles. The van der Waals surface area contributed by atoms with E-state index >= 15 is 0 Å². The number of aliphatic imine (C=N–C) groups is 1. The number of rotatable bonds is 11. The molecule has 2 aromatic rings. The lowest BCUT2D eigenvalue weighted by atomic mass is 10.2. The van der Waals surface area contributed by atoms with Crippen LogP contribution in [0.3, 0.4) is 0 Å². The molecule has 1 aromatic heterocycles. The van der Waals surface area contributed by atoms with Crippen molar-refractivity contribution < 1.29 is 17.6 Å². The molecule has 0 unspecified atom stereocenters. The molecule has 29 heavy (non-hydrogen) atoms. The maximum atomic E-state index is 12.5. The number of guanidine groups is 1. The summed E-state index contributed by atoms with van der Waals surface area (Å²) in [6.45, 7) is 4.68. The molecule has 0 aliphatic heterocycles. The lowest BCUT2D eigenvalue weighted by Crippen LogP contribution is -2.38. The molecule has 160 valence electrons. The molecule has 2 rings (SSSR count). The topological polar surface area (TPSA) is 96.2 Å². The van der Waals surface area contributed by atoms with Crippen LogP contribution >= 0.6 is 0 Å². The Morgan fingerprint density at radius 2 is 1.97 bits per heavy atom. The minimum atomic E-state index is -3.51. The van der Waals surface area contributed by atoms with Gasteiger partial charge in [0.25, 0.3) is 0 Å². The first-order valence-electron chi connectivity index (χ1n) is 9.58. The van der Waals surface area contributed by atoms with Crippen molar-refractivity contribution >= 4 is 16.0 Å². The van der Waals surface area contributed by atoms with Gasteiger partial charge in [-0.1, -0.05) is 18.2 Å². The first kappa shape index (κ1) is 22.9. The Morgan fingerprint density at radius 1 is 1.17 bits per heavy atom. The normalized spacial score (nSPS) is 12.3. The van der Waals surface area contributed by atoms with Gasteiger partial charge in [0.1, 0.15) is 12.4 Å². The van der Waals surface area contributed by atoms with Gasteiger partial charge in [-0.05, 0) is 37.1 Å². The highest BCUT2D eigenvalue weighted by atomic mass is 32.2. The summed E-state index contributed by atoms with van der Waals surface area (Å²) < 4.78 is 37.0. The molecule has 1 aromatic carbocycles. The fourth-order valence-electron chi connectivity index (χ4n) is 2.54. The second-order valence-electron chi connectivity index (χ2n) is 6.50. The van der Waals surface area contributed by atoms with Crippen molar-refractivity contribution in [2.45, 2.75) is 31.4 Å². The summed E-state index contributed by atoms with van der Waals surface area (Å²) >= 11 is 0. The van der Waals surface area contributed by atoms with Gasteiger partial charge in [0.05, 0.1) is 17.7 Å². The molecule has 0 fully saturated rings. The van der Waals surface area contributed by atoms with Gasteiger partial charge in [-0.2, -0.15) is 0 Å². The summed E-state index contributed by atoms with van der Waals surface area (Å²) in [5, 5.41) is 6.41. The summed E-state index contributed by atoms with van der Waals surface area (Å²) in [5.74, 6) is 1.44. The number of furan rings is 1. The maximum absolute atomic E-state index is 12.5. The Morgan fingerprint density at radius 3 is 2.66 bits per heavy atom. The molecule has 0 radical (unpaired) electrons. The average molecular weight is 423 g/mol. The SMILES string of the molecule is CCNC(=NCc1ccccc1S(=O)(=O)N(C)C)NCCCOCc1ccco1. The molecule has 0 aliphatic rings. The number of nitrogens with zero attached hydrogens (tertiary/aromatic N) is 2. The third kappa shape index (κ3) is 7.19. The van der Waals surface area contributed by atoms with E-state index in [1.807, 2.05) is 25.1 Å². The second-order valence-corrected chi connectivity index (χ2v) is 8.62. The van der Waals surface area contributed by atoms with E-state index in [1.165, 1.54) is 18.4 Å². The van der Waals surface area contributed by atoms with E-state index < -0.39 is 10.0 Å². The summed E-state index contributed by atoms with van der Waals surface area (Å²) in [6, 6.07) is 10.6. The van der Waals surface area contributed by atoms with Crippen LogP contribution in [0, 0.1) is 0 Å². The van der Waals surface area contributed by atoms with E-state index in [1.54, 1.807) is 24.5 Å². The van der Waals surface area contributed by atoms with Crippen molar-refractivity contribution in [1.82, 2.24) is 14.9 Å². The number of nitrogens with one attached hydrogen (secondary N) is 2. The predicted molar refractivity (Wildman–Crippen MR) is 113 cm³/mol. The number of benzene rings is 1. The smallest absolute Gasteiger partial charge is 0.242 e. The molecule has 0 amide bonds. The Bertz CT molecular complexity index is 864. The van der Waals surface area contributed by atoms with Gasteiger partial charge in [0, 0.05) is 33.8 Å². The van der Waals surface area contributed by atoms with Gasteiger partial charge in [-0.3, -0.25) is 0 Å². The van der Waals surface area contributed by atoms with Gasteiger partial charge >= 0.3 is 0 Å². The highest BCUT2D eigenvalue weighted by Gasteiger charge is 2.20. The van der Waals surface area contributed by atoms with Gasteiger partial charge in [0.2, 0.25) is 10.0 Å². The van der Waals surface area contributed by atoms with Crippen LogP contribution < -0.4 is 10.6 Å². The first-order chi connectivity index (χ1) is 13.9. The van der Waals surface area contributed by atoms with Crippen LogP contribution in [0.15, 0.2) is 57.0 Å². The first-order valence-corrected chi connectivity index (χ1v) is 11.0. The van der Waals surface area contributed by atoms with Crippen molar-refractivity contribution in [2.75, 3.05) is 33.8 Å². The van der Waals surface area contributed by atoms with E-state index in [4.69, 9.17) is 9.15 Å². The molecule has 2 N–H and O–H groups in total. The molecule has 0 bridgehead atoms. The summed E-state index contributed by atoms with van der Waals surface area (Å²) in [7, 11) is -0.469. The fourth-order valence-corrected chi connectivity index (χ4v) is 3.65. The third-order valence-corrected chi connectivity index (χ3v) is 5.98. The van der Waals surface area contributed by atoms with Crippen LogP contribution in [-0.4, -0.2) is 52.5 Å². The molecule has 0 aliphatic carbocycles. The lowest BCUT2D eigenvalue weighted by Gasteiger charge is -2.15. The Hall–Kier alpha value is -2.36. The van der Waals surface area contributed by atoms with Crippen molar-refractivity contribution in [3.05, 3.63) is 54.0 Å². The van der Waals surface area contributed by atoms with Crippen molar-refractivity contribution in [3.8, 4) is 0 Å². The zero-order valence-electron chi connectivity index (χ0n) is 17.2. The summed E-state index contributed by atoms with van der Waals surface area (Å²) in [5.41, 5.74) is 0.653. The van der Waals surface area contributed by atoms with Crippen molar-refractivity contribution in [1.29, 1.82) is 0 Å². The van der Waals surface area contributed by atoms with E-state index in [-0.39, 0.29) is 11.4 Å².